The van der Waals surface area contributed by atoms with Crippen LogP contribution in [0.25, 0.3) is 0 Å². The molecule has 1 rings (SSSR count). The minimum atomic E-state index is 0.738. The average molecular weight is 152 g/mol. The summed E-state index contributed by atoms with van der Waals surface area (Å²) >= 11 is 0. The van der Waals surface area contributed by atoms with E-state index < -0.39 is 0 Å². The Morgan fingerprint density at radius 1 is 1.36 bits per heavy atom. The number of nitrogens with zero attached hydrogens (tertiary/aromatic N) is 4. The van der Waals surface area contributed by atoms with E-state index in [0.29, 0.717) is 0 Å². The van der Waals surface area contributed by atoms with Gasteiger partial charge in [-0.25, -0.2) is 15.0 Å². The summed E-state index contributed by atoms with van der Waals surface area (Å²) in [4.78, 5) is 13.7. The molecular formula is C7H12N4. The molecule has 0 unspecified atom stereocenters. The smallest absolute Gasteiger partial charge is 0.228 e. The highest BCUT2D eigenvalue weighted by atomic mass is 15.2. The molecule has 0 aliphatic rings. The maximum absolute atomic E-state index is 4.00. The van der Waals surface area contributed by atoms with Crippen LogP contribution in [0.2, 0.25) is 0 Å². The van der Waals surface area contributed by atoms with Gasteiger partial charge in [-0.3, -0.25) is 0 Å². The predicted molar refractivity (Wildman–Crippen MR) is 43.4 cm³/mol. The molecule has 0 saturated carbocycles. The maximum atomic E-state index is 4.00. The Bertz CT molecular complexity index is 199. The number of hydrogen-bond acceptors (Lipinski definition) is 4. The van der Waals surface area contributed by atoms with Gasteiger partial charge in [-0.15, -0.1) is 0 Å². The molecule has 0 aliphatic heterocycles. The van der Waals surface area contributed by atoms with E-state index in [1.165, 1.54) is 12.7 Å². The second-order valence-corrected chi connectivity index (χ2v) is 2.36. The zero-order valence-electron chi connectivity index (χ0n) is 6.86. The molecule has 0 saturated heterocycles. The van der Waals surface area contributed by atoms with E-state index in [-0.39, 0.29) is 0 Å². The van der Waals surface area contributed by atoms with Gasteiger partial charge in [0.1, 0.15) is 12.7 Å². The zero-order valence-corrected chi connectivity index (χ0v) is 6.86. The lowest BCUT2D eigenvalue weighted by molar-refractivity contribution is 0.811. The SMILES string of the molecule is CCCN(C)c1ncncn1. The van der Waals surface area contributed by atoms with Gasteiger partial charge in [0, 0.05) is 13.6 Å². The Morgan fingerprint density at radius 2 is 2.00 bits per heavy atom. The number of aromatic nitrogens is 3. The van der Waals surface area contributed by atoms with Gasteiger partial charge in [-0.1, -0.05) is 6.92 Å². The van der Waals surface area contributed by atoms with Crippen LogP contribution in [0.1, 0.15) is 13.3 Å². The summed E-state index contributed by atoms with van der Waals surface area (Å²) in [5.74, 6) is 0.738. The Labute approximate surface area is 66.3 Å². The lowest BCUT2D eigenvalue weighted by Crippen LogP contribution is -2.20. The minimum Gasteiger partial charge on any atom is -0.344 e. The van der Waals surface area contributed by atoms with Crippen LogP contribution in [0, 0.1) is 0 Å². The maximum Gasteiger partial charge on any atom is 0.228 e. The molecule has 0 bridgehead atoms. The van der Waals surface area contributed by atoms with Crippen LogP contribution in [0.4, 0.5) is 5.95 Å². The van der Waals surface area contributed by atoms with Gasteiger partial charge in [-0.2, -0.15) is 0 Å². The van der Waals surface area contributed by atoms with Crippen molar-refractivity contribution in [3.05, 3.63) is 12.7 Å². The quantitative estimate of drug-likeness (QED) is 0.640. The third kappa shape index (κ3) is 2.14. The number of hydrogen-bond donors (Lipinski definition) is 0. The van der Waals surface area contributed by atoms with Gasteiger partial charge in [0.25, 0.3) is 0 Å². The van der Waals surface area contributed by atoms with Crippen molar-refractivity contribution in [3.63, 3.8) is 0 Å². The van der Waals surface area contributed by atoms with Gasteiger partial charge >= 0.3 is 0 Å². The molecule has 1 aromatic heterocycles. The van der Waals surface area contributed by atoms with E-state index in [4.69, 9.17) is 0 Å². The molecule has 0 N–H and O–H groups in total. The second-order valence-electron chi connectivity index (χ2n) is 2.36. The first-order valence-corrected chi connectivity index (χ1v) is 3.67. The fraction of sp³-hybridized carbons (Fsp3) is 0.571. The highest BCUT2D eigenvalue weighted by molar-refractivity contribution is 5.24. The second kappa shape index (κ2) is 3.85. The first-order valence-electron chi connectivity index (χ1n) is 3.67. The van der Waals surface area contributed by atoms with Crippen LogP contribution < -0.4 is 4.90 Å². The first-order chi connectivity index (χ1) is 5.34. The summed E-state index contributed by atoms with van der Waals surface area (Å²) in [6, 6.07) is 0. The highest BCUT2D eigenvalue weighted by Gasteiger charge is 1.99. The molecule has 4 nitrogen and oxygen atoms in total. The van der Waals surface area contributed by atoms with E-state index in [2.05, 4.69) is 21.9 Å². The predicted octanol–water partition coefficient (Wildman–Crippen LogP) is 0.718. The number of anilines is 1. The van der Waals surface area contributed by atoms with E-state index in [9.17, 15) is 0 Å². The first kappa shape index (κ1) is 7.91. The average Bonchev–Trinajstić information content (AvgIpc) is 2.07. The molecule has 1 aromatic rings. The molecule has 0 spiro atoms. The van der Waals surface area contributed by atoms with Crippen LogP contribution in [-0.4, -0.2) is 28.5 Å². The third-order valence-electron chi connectivity index (χ3n) is 1.38. The molecule has 0 radical (unpaired) electrons. The lowest BCUT2D eigenvalue weighted by atomic mass is 10.4. The molecule has 0 atom stereocenters. The molecule has 0 aliphatic carbocycles. The van der Waals surface area contributed by atoms with Crippen molar-refractivity contribution in [1.82, 2.24) is 15.0 Å². The summed E-state index contributed by atoms with van der Waals surface area (Å²) in [5, 5.41) is 0. The zero-order chi connectivity index (χ0) is 8.10. The molecule has 11 heavy (non-hydrogen) atoms. The number of rotatable bonds is 3. The summed E-state index contributed by atoms with van der Waals surface area (Å²) < 4.78 is 0. The lowest BCUT2D eigenvalue weighted by Gasteiger charge is -2.14. The summed E-state index contributed by atoms with van der Waals surface area (Å²) in [5.41, 5.74) is 0. The minimum absolute atomic E-state index is 0.738. The van der Waals surface area contributed by atoms with Gasteiger partial charge in [0.15, 0.2) is 0 Å². The molecule has 0 amide bonds. The van der Waals surface area contributed by atoms with Crippen molar-refractivity contribution in [1.29, 1.82) is 0 Å². The van der Waals surface area contributed by atoms with Crippen LogP contribution in [0.3, 0.4) is 0 Å². The van der Waals surface area contributed by atoms with Crippen LogP contribution in [0.15, 0.2) is 12.7 Å². The third-order valence-corrected chi connectivity index (χ3v) is 1.38. The van der Waals surface area contributed by atoms with Crippen LogP contribution >= 0.6 is 0 Å². The van der Waals surface area contributed by atoms with E-state index in [1.54, 1.807) is 0 Å². The van der Waals surface area contributed by atoms with Crippen molar-refractivity contribution < 1.29 is 0 Å². The van der Waals surface area contributed by atoms with E-state index in [1.807, 2.05) is 11.9 Å². The topological polar surface area (TPSA) is 41.9 Å². The van der Waals surface area contributed by atoms with Crippen molar-refractivity contribution in [3.8, 4) is 0 Å². The van der Waals surface area contributed by atoms with E-state index >= 15 is 0 Å². The van der Waals surface area contributed by atoms with Crippen molar-refractivity contribution >= 4 is 5.95 Å². The summed E-state index contributed by atoms with van der Waals surface area (Å²) in [6.07, 6.45) is 4.12. The Kier molecular flexibility index (Phi) is 2.77. The van der Waals surface area contributed by atoms with Gasteiger partial charge < -0.3 is 4.90 Å². The van der Waals surface area contributed by atoms with E-state index in [0.717, 1.165) is 18.9 Å². The molecular weight excluding hydrogens is 140 g/mol. The molecule has 60 valence electrons. The molecule has 0 aromatic carbocycles. The van der Waals surface area contributed by atoms with Crippen LogP contribution in [-0.2, 0) is 0 Å². The van der Waals surface area contributed by atoms with Gasteiger partial charge in [-0.05, 0) is 6.42 Å². The molecule has 0 fully saturated rings. The monoisotopic (exact) mass is 152 g/mol. The fourth-order valence-corrected chi connectivity index (χ4v) is 0.866. The molecule has 1 heterocycles. The standard InChI is InChI=1S/C7H12N4/c1-3-4-11(2)7-9-5-8-6-10-7/h5-6H,3-4H2,1-2H3. The van der Waals surface area contributed by atoms with Crippen molar-refractivity contribution in [2.45, 2.75) is 13.3 Å². The van der Waals surface area contributed by atoms with Crippen LogP contribution in [0.5, 0.6) is 0 Å². The summed E-state index contributed by atoms with van der Waals surface area (Å²) in [7, 11) is 1.97. The Balaban J connectivity index is 2.61. The highest BCUT2D eigenvalue weighted by Crippen LogP contribution is 2.00. The summed E-state index contributed by atoms with van der Waals surface area (Å²) in [6.45, 7) is 3.10. The Hall–Kier alpha value is -1.19. The normalized spacial score (nSPS) is 9.64. The Morgan fingerprint density at radius 3 is 2.55 bits per heavy atom. The largest absolute Gasteiger partial charge is 0.344 e. The van der Waals surface area contributed by atoms with Crippen molar-refractivity contribution in [2.24, 2.45) is 0 Å². The van der Waals surface area contributed by atoms with Gasteiger partial charge in [0.2, 0.25) is 5.95 Å². The molecule has 4 heteroatoms. The van der Waals surface area contributed by atoms with Crippen molar-refractivity contribution in [2.75, 3.05) is 18.5 Å². The fourth-order valence-electron chi connectivity index (χ4n) is 0.866. The van der Waals surface area contributed by atoms with Gasteiger partial charge in [0.05, 0.1) is 0 Å².